The minimum Gasteiger partial charge on any atom is -0.396 e. The van der Waals surface area contributed by atoms with Crippen molar-refractivity contribution in [2.75, 3.05) is 17.7 Å². The van der Waals surface area contributed by atoms with Crippen LogP contribution >= 0.6 is 11.6 Å². The molecule has 9 nitrogen and oxygen atoms in total. The maximum Gasteiger partial charge on any atom is 0.223 e. The van der Waals surface area contributed by atoms with Crippen molar-refractivity contribution >= 4 is 35.8 Å². The number of hydrogen-bond donors (Lipinski definition) is 5. The molecule has 0 saturated heterocycles. The highest BCUT2D eigenvalue weighted by Crippen LogP contribution is 2.30. The standard InChI is InChI=1S/C15H17ClN6O3/c16-13-8(1-2-10-18-3-4-19-10)14(22-15(17)21-13)20-9-5-7(6-23)11(24)12(9)25/h3-4,7,9-12,23-25H,5-6H2,(H3,17,20,21,22)/t7-,9-,11-,12+/m1/s1. The predicted octanol–water partition coefficient (Wildman–Crippen LogP) is -0.941. The number of aliphatic hydroxyl groups excluding tert-OH is 3. The summed E-state index contributed by atoms with van der Waals surface area (Å²) in [6.07, 6.45) is 0.824. The number of rotatable bonds is 3. The van der Waals surface area contributed by atoms with Crippen molar-refractivity contribution in [3.8, 4) is 11.8 Å². The highest BCUT2D eigenvalue weighted by Gasteiger charge is 2.41. The molecule has 4 atom stereocenters. The van der Waals surface area contributed by atoms with E-state index in [0.717, 1.165) is 0 Å². The van der Waals surface area contributed by atoms with Crippen molar-refractivity contribution in [3.63, 3.8) is 0 Å². The minimum absolute atomic E-state index is 0.0540. The molecule has 0 unspecified atom stereocenters. The van der Waals surface area contributed by atoms with E-state index >= 15 is 0 Å². The first-order valence-corrected chi connectivity index (χ1v) is 8.00. The quantitative estimate of drug-likeness (QED) is 0.343. The highest BCUT2D eigenvalue weighted by molar-refractivity contribution is 6.31. The summed E-state index contributed by atoms with van der Waals surface area (Å²) in [5.41, 5.74) is 5.94. The third-order valence-electron chi connectivity index (χ3n) is 4.09. The van der Waals surface area contributed by atoms with Gasteiger partial charge in [-0.2, -0.15) is 9.97 Å². The Labute approximate surface area is 148 Å². The third-order valence-corrected chi connectivity index (χ3v) is 4.36. The Kier molecular flexibility index (Phi) is 5.15. The van der Waals surface area contributed by atoms with Crippen molar-refractivity contribution < 1.29 is 15.3 Å². The average Bonchev–Trinajstić information content (AvgIpc) is 3.18. The van der Waals surface area contributed by atoms with Gasteiger partial charge in [0, 0.05) is 25.0 Å². The molecule has 132 valence electrons. The molecule has 25 heavy (non-hydrogen) atoms. The number of halogens is 1. The van der Waals surface area contributed by atoms with Gasteiger partial charge in [-0.15, -0.1) is 0 Å². The fraction of sp³-hybridized carbons (Fsp3) is 0.467. The Balaban J connectivity index is 1.87. The van der Waals surface area contributed by atoms with Gasteiger partial charge in [0.05, 0.1) is 12.1 Å². The van der Waals surface area contributed by atoms with Crippen LogP contribution in [0.25, 0.3) is 0 Å². The lowest BCUT2D eigenvalue weighted by Crippen LogP contribution is -2.35. The molecule has 2 aliphatic rings. The number of aliphatic hydroxyl groups is 3. The maximum atomic E-state index is 10.1. The SMILES string of the molecule is Nc1nc(Cl)c(C#CC2N=CC=N2)c(N[C@@H]2C[C@H](CO)[C@@H](O)[C@H]2O)n1. The number of aliphatic imine (C=N–C) groups is 2. The number of hydrogen-bond acceptors (Lipinski definition) is 9. The van der Waals surface area contributed by atoms with Crippen LogP contribution in [0.15, 0.2) is 9.98 Å². The average molecular weight is 365 g/mol. The van der Waals surface area contributed by atoms with Gasteiger partial charge in [-0.1, -0.05) is 17.5 Å². The van der Waals surface area contributed by atoms with Crippen LogP contribution in [0.3, 0.4) is 0 Å². The zero-order chi connectivity index (χ0) is 18.0. The molecule has 1 aromatic rings. The molecule has 0 amide bonds. The number of nitrogens with two attached hydrogens (primary N) is 1. The van der Waals surface area contributed by atoms with E-state index in [-0.39, 0.29) is 23.5 Å². The Morgan fingerprint density at radius 1 is 1.24 bits per heavy atom. The maximum absolute atomic E-state index is 10.1. The first-order chi connectivity index (χ1) is 12.0. The topological polar surface area (TPSA) is 149 Å². The minimum atomic E-state index is -1.07. The van der Waals surface area contributed by atoms with Gasteiger partial charge >= 0.3 is 0 Å². The summed E-state index contributed by atoms with van der Waals surface area (Å²) >= 11 is 6.12. The smallest absolute Gasteiger partial charge is 0.223 e. The Morgan fingerprint density at radius 3 is 2.60 bits per heavy atom. The van der Waals surface area contributed by atoms with Gasteiger partial charge in [0.1, 0.15) is 17.5 Å². The normalized spacial score (nSPS) is 28.2. The van der Waals surface area contributed by atoms with E-state index in [2.05, 4.69) is 37.1 Å². The molecule has 1 aromatic heterocycles. The Morgan fingerprint density at radius 2 is 1.96 bits per heavy atom. The molecule has 1 aliphatic heterocycles. The van der Waals surface area contributed by atoms with Crippen LogP contribution in [0.5, 0.6) is 0 Å². The Bertz CT molecular complexity index is 763. The number of anilines is 2. The van der Waals surface area contributed by atoms with Crippen LogP contribution in [0.4, 0.5) is 11.8 Å². The molecule has 10 heteroatoms. The van der Waals surface area contributed by atoms with Gasteiger partial charge in [-0.05, 0) is 12.3 Å². The largest absolute Gasteiger partial charge is 0.396 e. The molecule has 2 heterocycles. The summed E-state index contributed by atoms with van der Waals surface area (Å²) in [6, 6.07) is -0.541. The molecule has 0 bridgehead atoms. The van der Waals surface area contributed by atoms with E-state index in [0.29, 0.717) is 12.0 Å². The summed E-state index contributed by atoms with van der Waals surface area (Å²) < 4.78 is 0. The van der Waals surface area contributed by atoms with Gasteiger partial charge in [0.25, 0.3) is 0 Å². The summed E-state index contributed by atoms with van der Waals surface area (Å²) in [5, 5.41) is 32.4. The van der Waals surface area contributed by atoms with Crippen molar-refractivity contribution in [2.45, 2.75) is 30.8 Å². The lowest BCUT2D eigenvalue weighted by atomic mass is 10.1. The molecular weight excluding hydrogens is 348 g/mol. The van der Waals surface area contributed by atoms with Crippen molar-refractivity contribution in [1.82, 2.24) is 9.97 Å². The molecule has 0 aromatic carbocycles. The van der Waals surface area contributed by atoms with Crippen LogP contribution in [0, 0.1) is 17.8 Å². The van der Waals surface area contributed by atoms with Gasteiger partial charge in [0.15, 0.2) is 5.15 Å². The third kappa shape index (κ3) is 3.72. The van der Waals surface area contributed by atoms with E-state index < -0.39 is 30.3 Å². The van der Waals surface area contributed by atoms with Gasteiger partial charge in [-0.25, -0.2) is 0 Å². The summed E-state index contributed by atoms with van der Waals surface area (Å²) in [7, 11) is 0. The number of nitrogen functional groups attached to an aromatic ring is 1. The lowest BCUT2D eigenvalue weighted by molar-refractivity contribution is 0.00445. The summed E-state index contributed by atoms with van der Waals surface area (Å²) in [6.45, 7) is -0.229. The van der Waals surface area contributed by atoms with Crippen molar-refractivity contribution in [2.24, 2.45) is 15.9 Å². The second kappa shape index (κ2) is 7.33. The summed E-state index contributed by atoms with van der Waals surface area (Å²) in [5.74, 6) is 5.41. The van der Waals surface area contributed by atoms with Crippen LogP contribution in [0.2, 0.25) is 5.15 Å². The van der Waals surface area contributed by atoms with E-state index in [9.17, 15) is 15.3 Å². The molecule has 3 rings (SSSR count). The fourth-order valence-corrected chi connectivity index (χ4v) is 3.00. The van der Waals surface area contributed by atoms with E-state index in [4.69, 9.17) is 17.3 Å². The lowest BCUT2D eigenvalue weighted by Gasteiger charge is -2.19. The molecule has 1 fully saturated rings. The van der Waals surface area contributed by atoms with E-state index in [1.54, 1.807) is 12.4 Å². The van der Waals surface area contributed by atoms with Crippen LogP contribution in [-0.2, 0) is 0 Å². The van der Waals surface area contributed by atoms with Crippen LogP contribution < -0.4 is 11.1 Å². The fourth-order valence-electron chi connectivity index (χ4n) is 2.78. The first kappa shape index (κ1) is 17.6. The number of nitrogens with zero attached hydrogens (tertiary/aromatic N) is 4. The Hall–Kier alpha value is -2.25. The second-order valence-corrected chi connectivity index (χ2v) is 6.10. The van der Waals surface area contributed by atoms with Crippen molar-refractivity contribution in [1.29, 1.82) is 0 Å². The number of nitrogens with one attached hydrogen (secondary N) is 1. The first-order valence-electron chi connectivity index (χ1n) is 7.62. The van der Waals surface area contributed by atoms with Gasteiger partial charge in [-0.3, -0.25) is 9.98 Å². The number of aromatic nitrogens is 2. The van der Waals surface area contributed by atoms with E-state index in [1.165, 1.54) is 0 Å². The zero-order valence-corrected chi connectivity index (χ0v) is 13.8. The monoisotopic (exact) mass is 364 g/mol. The highest BCUT2D eigenvalue weighted by atomic mass is 35.5. The molecule has 1 saturated carbocycles. The summed E-state index contributed by atoms with van der Waals surface area (Å²) in [4.78, 5) is 16.0. The van der Waals surface area contributed by atoms with Gasteiger partial charge < -0.3 is 26.4 Å². The van der Waals surface area contributed by atoms with Crippen molar-refractivity contribution in [3.05, 3.63) is 10.7 Å². The molecule has 6 N–H and O–H groups in total. The van der Waals surface area contributed by atoms with E-state index in [1.807, 2.05) is 0 Å². The zero-order valence-electron chi connectivity index (χ0n) is 13.0. The molecule has 0 radical (unpaired) electrons. The predicted molar refractivity (Wildman–Crippen MR) is 93.7 cm³/mol. The van der Waals surface area contributed by atoms with Gasteiger partial charge in [0.2, 0.25) is 12.1 Å². The van der Waals surface area contributed by atoms with Crippen LogP contribution in [-0.4, -0.2) is 68.7 Å². The molecular formula is C15H17ClN6O3. The molecule has 0 spiro atoms. The second-order valence-electron chi connectivity index (χ2n) is 5.75. The molecule has 1 aliphatic carbocycles. The van der Waals surface area contributed by atoms with Crippen LogP contribution in [0.1, 0.15) is 12.0 Å².